The van der Waals surface area contributed by atoms with Crippen molar-refractivity contribution in [3.8, 4) is 11.5 Å². The maximum absolute atomic E-state index is 14.4. The Morgan fingerprint density at radius 3 is 2.53 bits per heavy atom. The molecule has 1 aliphatic rings. The molecule has 0 bridgehead atoms. The molecule has 1 fully saturated rings. The minimum absolute atomic E-state index is 0.0763. The summed E-state index contributed by atoms with van der Waals surface area (Å²) >= 11 is 0. The second-order valence-electron chi connectivity index (χ2n) is 6.49. The predicted molar refractivity (Wildman–Crippen MR) is 108 cm³/mol. The standard InChI is InChI=1S/C21H17FN4O4/c22-17-12-14(6-8-18(17)30-16-7-9-19(27)23-13-16)24-20(28)26-11-10-25(21(26)29)15-4-2-1-3-5-15/h1-9,12-13H,10-11H2,(H,23,27)(H,24,28). The Hall–Kier alpha value is -4.14. The van der Waals surface area contributed by atoms with Crippen LogP contribution in [0.15, 0.2) is 71.7 Å². The quantitative estimate of drug-likeness (QED) is 0.687. The third-order valence-electron chi connectivity index (χ3n) is 4.49. The first-order valence-electron chi connectivity index (χ1n) is 9.12. The molecule has 1 saturated heterocycles. The number of urea groups is 2. The molecule has 0 saturated carbocycles. The summed E-state index contributed by atoms with van der Waals surface area (Å²) in [5.74, 6) is -0.529. The summed E-state index contributed by atoms with van der Waals surface area (Å²) in [6.07, 6.45) is 1.31. The van der Waals surface area contributed by atoms with E-state index in [1.807, 2.05) is 18.2 Å². The van der Waals surface area contributed by atoms with Gasteiger partial charge in [-0.2, -0.15) is 0 Å². The first kappa shape index (κ1) is 19.2. The SMILES string of the molecule is O=C(Nc1ccc(Oc2ccc(=O)[nH]c2)c(F)c1)N1CCN(c2ccccc2)C1=O. The van der Waals surface area contributed by atoms with E-state index in [0.717, 1.165) is 11.0 Å². The summed E-state index contributed by atoms with van der Waals surface area (Å²) < 4.78 is 19.7. The van der Waals surface area contributed by atoms with Crippen molar-refractivity contribution < 1.29 is 18.7 Å². The number of pyridine rings is 1. The molecule has 0 radical (unpaired) electrons. The van der Waals surface area contributed by atoms with Gasteiger partial charge in [0.1, 0.15) is 5.75 Å². The molecule has 1 aliphatic heterocycles. The maximum atomic E-state index is 14.4. The van der Waals surface area contributed by atoms with E-state index < -0.39 is 17.9 Å². The smallest absolute Gasteiger partial charge is 0.332 e. The van der Waals surface area contributed by atoms with Crippen molar-refractivity contribution in [1.29, 1.82) is 0 Å². The fourth-order valence-electron chi connectivity index (χ4n) is 3.01. The molecule has 1 aromatic heterocycles. The maximum Gasteiger partial charge on any atom is 0.332 e. The zero-order valence-electron chi connectivity index (χ0n) is 15.7. The van der Waals surface area contributed by atoms with Gasteiger partial charge in [0, 0.05) is 36.2 Å². The van der Waals surface area contributed by atoms with Crippen molar-refractivity contribution in [3.63, 3.8) is 0 Å². The first-order chi connectivity index (χ1) is 14.5. The third kappa shape index (κ3) is 4.00. The van der Waals surface area contributed by atoms with Crippen molar-refractivity contribution in [2.24, 2.45) is 0 Å². The first-order valence-corrected chi connectivity index (χ1v) is 9.12. The topological polar surface area (TPSA) is 94.7 Å². The predicted octanol–water partition coefficient (Wildman–Crippen LogP) is 3.78. The number of carbonyl (C=O) groups excluding carboxylic acids is 2. The number of hydrogen-bond acceptors (Lipinski definition) is 4. The number of carbonyl (C=O) groups is 2. The summed E-state index contributed by atoms with van der Waals surface area (Å²) in [7, 11) is 0. The van der Waals surface area contributed by atoms with Crippen LogP contribution in [-0.2, 0) is 0 Å². The number of anilines is 2. The Labute approximate surface area is 170 Å². The lowest BCUT2D eigenvalue weighted by atomic mass is 10.3. The van der Waals surface area contributed by atoms with Gasteiger partial charge >= 0.3 is 12.1 Å². The van der Waals surface area contributed by atoms with Crippen molar-refractivity contribution in [2.45, 2.75) is 0 Å². The molecular formula is C21H17FN4O4. The number of imide groups is 1. The molecule has 2 N–H and O–H groups in total. The van der Waals surface area contributed by atoms with Crippen LogP contribution in [0, 0.1) is 5.82 Å². The average Bonchev–Trinajstić information content (AvgIpc) is 3.13. The number of hydrogen-bond donors (Lipinski definition) is 2. The number of H-pyrrole nitrogens is 1. The molecular weight excluding hydrogens is 391 g/mol. The Morgan fingerprint density at radius 1 is 1.03 bits per heavy atom. The molecule has 8 nitrogen and oxygen atoms in total. The van der Waals surface area contributed by atoms with E-state index in [0.29, 0.717) is 12.2 Å². The number of nitrogens with one attached hydrogen (secondary N) is 2. The molecule has 4 rings (SSSR count). The van der Waals surface area contributed by atoms with Crippen molar-refractivity contribution >= 4 is 23.4 Å². The molecule has 152 valence electrons. The van der Waals surface area contributed by atoms with E-state index in [-0.39, 0.29) is 29.3 Å². The van der Waals surface area contributed by atoms with Crippen LogP contribution in [0.5, 0.6) is 11.5 Å². The van der Waals surface area contributed by atoms with Gasteiger partial charge in [0.25, 0.3) is 0 Å². The number of amides is 4. The normalized spacial score (nSPS) is 13.4. The van der Waals surface area contributed by atoms with E-state index in [4.69, 9.17) is 4.74 Å². The average molecular weight is 408 g/mol. The summed E-state index contributed by atoms with van der Waals surface area (Å²) in [5, 5.41) is 2.52. The van der Waals surface area contributed by atoms with E-state index in [1.165, 1.54) is 35.4 Å². The highest BCUT2D eigenvalue weighted by Gasteiger charge is 2.34. The molecule has 0 spiro atoms. The fourth-order valence-corrected chi connectivity index (χ4v) is 3.01. The highest BCUT2D eigenvalue weighted by molar-refractivity contribution is 6.08. The number of rotatable bonds is 4. The summed E-state index contributed by atoms with van der Waals surface area (Å²) in [6.45, 7) is 0.589. The van der Waals surface area contributed by atoms with Crippen LogP contribution in [0.3, 0.4) is 0 Å². The number of nitrogens with zero attached hydrogens (tertiary/aromatic N) is 2. The van der Waals surface area contributed by atoms with Crippen molar-refractivity contribution in [3.05, 3.63) is 83.0 Å². The summed E-state index contributed by atoms with van der Waals surface area (Å²) in [6, 6.07) is 14.5. The molecule has 2 aromatic carbocycles. The van der Waals surface area contributed by atoms with Gasteiger partial charge < -0.3 is 15.0 Å². The molecule has 9 heteroatoms. The van der Waals surface area contributed by atoms with Gasteiger partial charge in [0.2, 0.25) is 5.56 Å². The second-order valence-corrected chi connectivity index (χ2v) is 6.49. The van der Waals surface area contributed by atoms with Crippen LogP contribution in [0.4, 0.5) is 25.4 Å². The van der Waals surface area contributed by atoms with E-state index in [1.54, 1.807) is 12.1 Å². The van der Waals surface area contributed by atoms with Crippen molar-refractivity contribution in [2.75, 3.05) is 23.3 Å². The monoisotopic (exact) mass is 408 g/mol. The van der Waals surface area contributed by atoms with Gasteiger partial charge in [0.15, 0.2) is 11.6 Å². The van der Waals surface area contributed by atoms with Crippen LogP contribution in [0.1, 0.15) is 0 Å². The van der Waals surface area contributed by atoms with Gasteiger partial charge in [-0.3, -0.25) is 9.69 Å². The Morgan fingerprint density at radius 2 is 1.83 bits per heavy atom. The summed E-state index contributed by atoms with van der Waals surface area (Å²) in [5.41, 5.74) is 0.577. The summed E-state index contributed by atoms with van der Waals surface area (Å²) in [4.78, 5) is 41.1. The Balaban J connectivity index is 1.42. The lowest BCUT2D eigenvalue weighted by Crippen LogP contribution is -2.39. The molecule has 4 amide bonds. The number of aromatic amines is 1. The van der Waals surface area contributed by atoms with Crippen LogP contribution in [0.25, 0.3) is 0 Å². The van der Waals surface area contributed by atoms with E-state index in [2.05, 4.69) is 10.3 Å². The van der Waals surface area contributed by atoms with Crippen LogP contribution in [-0.4, -0.2) is 35.0 Å². The number of halogens is 1. The third-order valence-corrected chi connectivity index (χ3v) is 4.49. The molecule has 2 heterocycles. The Bertz CT molecular complexity index is 1130. The zero-order valence-corrected chi connectivity index (χ0v) is 15.7. The fraction of sp³-hybridized carbons (Fsp3) is 0.0952. The van der Waals surface area contributed by atoms with Gasteiger partial charge in [-0.15, -0.1) is 0 Å². The van der Waals surface area contributed by atoms with Crippen molar-refractivity contribution in [1.82, 2.24) is 9.88 Å². The zero-order chi connectivity index (χ0) is 21.1. The van der Waals surface area contributed by atoms with Crippen LogP contribution < -0.4 is 20.5 Å². The number of ether oxygens (including phenoxy) is 1. The van der Waals surface area contributed by atoms with Crippen LogP contribution in [0.2, 0.25) is 0 Å². The molecule has 3 aromatic rings. The molecule has 0 atom stereocenters. The lowest BCUT2D eigenvalue weighted by Gasteiger charge is -2.18. The van der Waals surface area contributed by atoms with Crippen LogP contribution >= 0.6 is 0 Å². The highest BCUT2D eigenvalue weighted by Crippen LogP contribution is 2.26. The number of benzene rings is 2. The van der Waals surface area contributed by atoms with Gasteiger partial charge in [-0.1, -0.05) is 18.2 Å². The Kier molecular flexibility index (Phi) is 5.17. The van der Waals surface area contributed by atoms with Gasteiger partial charge in [-0.05, 0) is 30.3 Å². The number of para-hydroxylation sites is 1. The largest absolute Gasteiger partial charge is 0.453 e. The minimum atomic E-state index is -0.710. The molecule has 30 heavy (non-hydrogen) atoms. The lowest BCUT2D eigenvalue weighted by molar-refractivity contribution is 0.209. The number of aromatic nitrogens is 1. The van der Waals surface area contributed by atoms with Gasteiger partial charge in [0.05, 0.1) is 6.54 Å². The van der Waals surface area contributed by atoms with E-state index in [9.17, 15) is 18.8 Å². The van der Waals surface area contributed by atoms with Gasteiger partial charge in [-0.25, -0.2) is 18.9 Å². The highest BCUT2D eigenvalue weighted by atomic mass is 19.1. The second kappa shape index (κ2) is 8.08. The minimum Gasteiger partial charge on any atom is -0.453 e. The molecule has 0 aliphatic carbocycles. The van der Waals surface area contributed by atoms with E-state index >= 15 is 0 Å². The molecule has 0 unspecified atom stereocenters.